The minimum absolute atomic E-state index is 0.0542. The highest BCUT2D eigenvalue weighted by Gasteiger charge is 2.16. The number of hydrogen-bond acceptors (Lipinski definition) is 3. The van der Waals surface area contributed by atoms with E-state index < -0.39 is 0 Å². The normalized spacial score (nSPS) is 16.8. The molecule has 1 atom stereocenters. The van der Waals surface area contributed by atoms with Crippen molar-refractivity contribution in [3.8, 4) is 0 Å². The molecule has 1 amide bonds. The molecule has 6 nitrogen and oxygen atoms in total. The van der Waals surface area contributed by atoms with Crippen molar-refractivity contribution in [1.82, 2.24) is 16.0 Å². The van der Waals surface area contributed by atoms with Gasteiger partial charge < -0.3 is 20.7 Å². The standard InChI is InChI=1S/C23H38N4O2/c1-4-24-23(25-13-6-5-9-18(2)3)27-16-19-10-7-11-20(15-19)22(28)26-17-21-12-8-14-29-21/h7,10-11,15,18,21H,4-6,8-9,12-14,16-17H2,1-3H3,(H,26,28)(H2,24,25,27). The van der Waals surface area contributed by atoms with E-state index in [9.17, 15) is 4.79 Å². The summed E-state index contributed by atoms with van der Waals surface area (Å²) in [7, 11) is 0. The van der Waals surface area contributed by atoms with Gasteiger partial charge in [-0.1, -0.05) is 38.8 Å². The van der Waals surface area contributed by atoms with Crippen LogP contribution in [0.5, 0.6) is 0 Å². The number of hydrogen-bond donors (Lipinski definition) is 3. The number of benzene rings is 1. The van der Waals surface area contributed by atoms with Crippen LogP contribution in [0.2, 0.25) is 0 Å². The van der Waals surface area contributed by atoms with Crippen molar-refractivity contribution in [2.45, 2.75) is 65.5 Å². The summed E-state index contributed by atoms with van der Waals surface area (Å²) in [4.78, 5) is 17.1. The van der Waals surface area contributed by atoms with Crippen LogP contribution in [0.3, 0.4) is 0 Å². The van der Waals surface area contributed by atoms with Crippen LogP contribution >= 0.6 is 0 Å². The van der Waals surface area contributed by atoms with E-state index in [-0.39, 0.29) is 12.0 Å². The van der Waals surface area contributed by atoms with Crippen LogP contribution in [0.4, 0.5) is 0 Å². The van der Waals surface area contributed by atoms with Crippen LogP contribution in [-0.4, -0.2) is 44.2 Å². The smallest absolute Gasteiger partial charge is 0.251 e. The van der Waals surface area contributed by atoms with Crippen LogP contribution < -0.4 is 16.0 Å². The molecule has 0 saturated carbocycles. The third kappa shape index (κ3) is 9.31. The fourth-order valence-electron chi connectivity index (χ4n) is 3.32. The highest BCUT2D eigenvalue weighted by molar-refractivity contribution is 5.94. The lowest BCUT2D eigenvalue weighted by Gasteiger charge is -2.12. The first-order valence-electron chi connectivity index (χ1n) is 11.1. The Morgan fingerprint density at radius 3 is 2.83 bits per heavy atom. The molecule has 2 rings (SSSR count). The summed E-state index contributed by atoms with van der Waals surface area (Å²) in [5, 5.41) is 9.66. The average Bonchev–Trinajstić information content (AvgIpc) is 3.23. The predicted octanol–water partition coefficient (Wildman–Crippen LogP) is 3.48. The van der Waals surface area contributed by atoms with Crippen LogP contribution in [-0.2, 0) is 11.3 Å². The molecule has 1 heterocycles. The van der Waals surface area contributed by atoms with Gasteiger partial charge in [-0.05, 0) is 49.8 Å². The maximum Gasteiger partial charge on any atom is 0.251 e. The SMILES string of the molecule is CCNC(=NCc1cccc(C(=O)NCC2CCCO2)c1)NCCCCC(C)C. The number of carbonyl (C=O) groups is 1. The summed E-state index contributed by atoms with van der Waals surface area (Å²) in [5.74, 6) is 1.53. The molecule has 6 heteroatoms. The van der Waals surface area contributed by atoms with Gasteiger partial charge in [-0.25, -0.2) is 4.99 Å². The Kier molecular flexibility index (Phi) is 10.6. The number of rotatable bonds is 11. The number of ether oxygens (including phenoxy) is 1. The summed E-state index contributed by atoms with van der Waals surface area (Å²) in [6, 6.07) is 7.68. The van der Waals surface area contributed by atoms with Crippen molar-refractivity contribution >= 4 is 11.9 Å². The summed E-state index contributed by atoms with van der Waals surface area (Å²) >= 11 is 0. The maximum atomic E-state index is 12.4. The summed E-state index contributed by atoms with van der Waals surface area (Å²) in [6.07, 6.45) is 5.88. The molecule has 1 aliphatic rings. The second-order valence-corrected chi connectivity index (χ2v) is 8.06. The quantitative estimate of drug-likeness (QED) is 0.301. The van der Waals surface area contributed by atoms with Gasteiger partial charge in [0.15, 0.2) is 5.96 Å². The first-order chi connectivity index (χ1) is 14.1. The maximum absolute atomic E-state index is 12.4. The molecule has 1 aliphatic heterocycles. The minimum Gasteiger partial charge on any atom is -0.376 e. The van der Waals surface area contributed by atoms with Crippen LogP contribution in [0.25, 0.3) is 0 Å². The van der Waals surface area contributed by atoms with Crippen molar-refractivity contribution in [1.29, 1.82) is 0 Å². The van der Waals surface area contributed by atoms with Crippen molar-refractivity contribution in [3.05, 3.63) is 35.4 Å². The Morgan fingerprint density at radius 1 is 1.24 bits per heavy atom. The summed E-state index contributed by atoms with van der Waals surface area (Å²) < 4.78 is 5.56. The molecule has 3 N–H and O–H groups in total. The molecule has 0 aromatic heterocycles. The monoisotopic (exact) mass is 402 g/mol. The second-order valence-electron chi connectivity index (χ2n) is 8.06. The van der Waals surface area contributed by atoms with Crippen molar-refractivity contribution < 1.29 is 9.53 Å². The highest BCUT2D eigenvalue weighted by atomic mass is 16.5. The second kappa shape index (κ2) is 13.2. The third-order valence-electron chi connectivity index (χ3n) is 4.97. The number of nitrogens with one attached hydrogen (secondary N) is 3. The molecule has 1 aromatic rings. The fraction of sp³-hybridized carbons (Fsp3) is 0.652. The van der Waals surface area contributed by atoms with Gasteiger partial charge in [0.1, 0.15) is 0 Å². The molecule has 29 heavy (non-hydrogen) atoms. The van der Waals surface area contributed by atoms with Gasteiger partial charge in [0.2, 0.25) is 0 Å². The lowest BCUT2D eigenvalue weighted by molar-refractivity contribution is 0.0857. The average molecular weight is 403 g/mol. The van der Waals surface area contributed by atoms with E-state index in [0.29, 0.717) is 18.7 Å². The zero-order chi connectivity index (χ0) is 20.9. The molecule has 0 radical (unpaired) electrons. The molecule has 0 spiro atoms. The highest BCUT2D eigenvalue weighted by Crippen LogP contribution is 2.11. The minimum atomic E-state index is -0.0542. The number of guanidine groups is 1. The van der Waals surface area contributed by atoms with E-state index in [4.69, 9.17) is 4.74 Å². The molecular formula is C23H38N4O2. The molecule has 162 valence electrons. The van der Waals surface area contributed by atoms with Crippen molar-refractivity contribution in [2.24, 2.45) is 10.9 Å². The van der Waals surface area contributed by atoms with E-state index in [1.165, 1.54) is 12.8 Å². The Balaban J connectivity index is 1.82. The molecule has 1 aromatic carbocycles. The molecular weight excluding hydrogens is 364 g/mol. The van der Waals surface area contributed by atoms with Gasteiger partial charge in [0.05, 0.1) is 12.6 Å². The van der Waals surface area contributed by atoms with Gasteiger partial charge in [-0.15, -0.1) is 0 Å². The van der Waals surface area contributed by atoms with Crippen molar-refractivity contribution in [3.63, 3.8) is 0 Å². The lowest BCUT2D eigenvalue weighted by Crippen LogP contribution is -2.37. The van der Waals surface area contributed by atoms with E-state index in [1.54, 1.807) is 0 Å². The molecule has 0 bridgehead atoms. The van der Waals surface area contributed by atoms with Gasteiger partial charge in [-0.3, -0.25) is 4.79 Å². The van der Waals surface area contributed by atoms with Gasteiger partial charge in [-0.2, -0.15) is 0 Å². The third-order valence-corrected chi connectivity index (χ3v) is 4.97. The first kappa shape index (κ1) is 23.2. The van der Waals surface area contributed by atoms with E-state index in [1.807, 2.05) is 24.3 Å². The lowest BCUT2D eigenvalue weighted by atomic mass is 10.1. The van der Waals surface area contributed by atoms with Crippen LogP contribution in [0.1, 0.15) is 68.8 Å². The number of aliphatic imine (C=N–C) groups is 1. The zero-order valence-corrected chi connectivity index (χ0v) is 18.3. The zero-order valence-electron chi connectivity index (χ0n) is 18.3. The first-order valence-corrected chi connectivity index (χ1v) is 11.1. The van der Waals surface area contributed by atoms with E-state index in [2.05, 4.69) is 41.7 Å². The fourth-order valence-corrected chi connectivity index (χ4v) is 3.32. The van der Waals surface area contributed by atoms with Gasteiger partial charge in [0.25, 0.3) is 5.91 Å². The molecule has 1 unspecified atom stereocenters. The Morgan fingerprint density at radius 2 is 2.10 bits per heavy atom. The number of carbonyl (C=O) groups excluding carboxylic acids is 1. The van der Waals surface area contributed by atoms with E-state index in [0.717, 1.165) is 56.4 Å². The Labute approximate surface area is 175 Å². The number of amides is 1. The summed E-state index contributed by atoms with van der Waals surface area (Å²) in [6.45, 7) is 10.2. The van der Waals surface area contributed by atoms with Crippen LogP contribution in [0.15, 0.2) is 29.3 Å². The molecule has 1 saturated heterocycles. The van der Waals surface area contributed by atoms with Crippen LogP contribution in [0, 0.1) is 5.92 Å². The largest absolute Gasteiger partial charge is 0.376 e. The predicted molar refractivity (Wildman–Crippen MR) is 119 cm³/mol. The van der Waals surface area contributed by atoms with Gasteiger partial charge in [0, 0.05) is 31.8 Å². The molecule has 0 aliphatic carbocycles. The van der Waals surface area contributed by atoms with E-state index >= 15 is 0 Å². The number of nitrogens with zero attached hydrogens (tertiary/aromatic N) is 1. The van der Waals surface area contributed by atoms with Gasteiger partial charge >= 0.3 is 0 Å². The Bertz CT molecular complexity index is 640. The topological polar surface area (TPSA) is 74.8 Å². The summed E-state index contributed by atoms with van der Waals surface area (Å²) in [5.41, 5.74) is 1.69. The number of unbranched alkanes of at least 4 members (excludes halogenated alkanes) is 1. The van der Waals surface area contributed by atoms with Crippen molar-refractivity contribution in [2.75, 3.05) is 26.2 Å². The Hall–Kier alpha value is -2.08. The molecule has 1 fully saturated rings.